The van der Waals surface area contributed by atoms with E-state index in [0.29, 0.717) is 4.47 Å². The molecular formula is C11H9BrClNO4S. The molecule has 1 aromatic carbocycles. The SMILES string of the molecule is C#CCNC(=O)COc1ccc(Br)cc1S(=O)(=O)Cl. The van der Waals surface area contributed by atoms with Gasteiger partial charge in [-0.3, -0.25) is 4.79 Å². The molecule has 0 spiro atoms. The number of nitrogens with one attached hydrogen (secondary N) is 1. The zero-order valence-electron chi connectivity index (χ0n) is 9.52. The molecule has 0 saturated carbocycles. The van der Waals surface area contributed by atoms with Crippen LogP contribution in [0.4, 0.5) is 0 Å². The summed E-state index contributed by atoms with van der Waals surface area (Å²) in [4.78, 5) is 11.1. The predicted octanol–water partition coefficient (Wildman–Crippen LogP) is 1.50. The largest absolute Gasteiger partial charge is 0.482 e. The second kappa shape index (κ2) is 6.80. The topological polar surface area (TPSA) is 72.5 Å². The van der Waals surface area contributed by atoms with E-state index in [4.69, 9.17) is 21.8 Å². The van der Waals surface area contributed by atoms with E-state index in [1.165, 1.54) is 12.1 Å². The van der Waals surface area contributed by atoms with E-state index in [2.05, 4.69) is 27.2 Å². The zero-order valence-corrected chi connectivity index (χ0v) is 12.7. The fourth-order valence-electron chi connectivity index (χ4n) is 1.14. The quantitative estimate of drug-likeness (QED) is 0.633. The number of hydrogen-bond acceptors (Lipinski definition) is 4. The molecule has 1 rings (SSSR count). The highest BCUT2D eigenvalue weighted by Crippen LogP contribution is 2.29. The van der Waals surface area contributed by atoms with Crippen molar-refractivity contribution < 1.29 is 17.9 Å². The normalized spacial score (nSPS) is 10.6. The van der Waals surface area contributed by atoms with Gasteiger partial charge >= 0.3 is 0 Å². The van der Waals surface area contributed by atoms with Crippen LogP contribution in [0, 0.1) is 12.3 Å². The van der Waals surface area contributed by atoms with E-state index in [9.17, 15) is 13.2 Å². The van der Waals surface area contributed by atoms with Gasteiger partial charge in [0.15, 0.2) is 6.61 Å². The number of terminal acetylenes is 1. The van der Waals surface area contributed by atoms with Crippen molar-refractivity contribution in [3.8, 4) is 18.1 Å². The van der Waals surface area contributed by atoms with Gasteiger partial charge in [-0.15, -0.1) is 6.42 Å². The summed E-state index contributed by atoms with van der Waals surface area (Å²) < 4.78 is 28.4. The number of halogens is 2. The highest BCUT2D eigenvalue weighted by atomic mass is 79.9. The third-order valence-corrected chi connectivity index (χ3v) is 3.75. The van der Waals surface area contributed by atoms with Gasteiger partial charge in [-0.2, -0.15) is 0 Å². The molecule has 102 valence electrons. The molecule has 5 nitrogen and oxygen atoms in total. The van der Waals surface area contributed by atoms with Gasteiger partial charge in [-0.1, -0.05) is 21.9 Å². The number of benzene rings is 1. The average Bonchev–Trinajstić information content (AvgIpc) is 2.33. The molecule has 1 amide bonds. The molecule has 0 aromatic heterocycles. The van der Waals surface area contributed by atoms with Crippen molar-refractivity contribution in [2.24, 2.45) is 0 Å². The van der Waals surface area contributed by atoms with Crippen molar-refractivity contribution in [3.63, 3.8) is 0 Å². The number of hydrogen-bond donors (Lipinski definition) is 1. The fourth-order valence-corrected chi connectivity index (χ4v) is 2.65. The van der Waals surface area contributed by atoms with Crippen molar-refractivity contribution in [2.75, 3.05) is 13.2 Å². The summed E-state index contributed by atoms with van der Waals surface area (Å²) >= 11 is 3.12. The van der Waals surface area contributed by atoms with Gasteiger partial charge in [0.05, 0.1) is 6.54 Å². The minimum atomic E-state index is -3.97. The first-order chi connectivity index (χ1) is 8.84. The van der Waals surface area contributed by atoms with Crippen molar-refractivity contribution in [1.29, 1.82) is 0 Å². The van der Waals surface area contributed by atoms with Gasteiger partial charge < -0.3 is 10.1 Å². The molecule has 0 aliphatic heterocycles. The summed E-state index contributed by atoms with van der Waals surface area (Å²) in [6.45, 7) is -0.286. The van der Waals surface area contributed by atoms with E-state index in [1.807, 2.05) is 0 Å². The van der Waals surface area contributed by atoms with Gasteiger partial charge in [0.1, 0.15) is 10.6 Å². The lowest BCUT2D eigenvalue weighted by Crippen LogP contribution is -2.29. The molecule has 0 atom stereocenters. The van der Waals surface area contributed by atoms with Crippen LogP contribution in [-0.2, 0) is 13.8 Å². The smallest absolute Gasteiger partial charge is 0.265 e. The lowest BCUT2D eigenvalue weighted by atomic mass is 10.3. The first kappa shape index (κ1) is 15.8. The lowest BCUT2D eigenvalue weighted by Gasteiger charge is -2.09. The Hall–Kier alpha value is -1.23. The molecule has 8 heteroatoms. The van der Waals surface area contributed by atoms with E-state index in [-0.39, 0.29) is 23.8 Å². The third kappa shape index (κ3) is 5.11. The lowest BCUT2D eigenvalue weighted by molar-refractivity contribution is -0.122. The first-order valence-electron chi connectivity index (χ1n) is 4.92. The van der Waals surface area contributed by atoms with Crippen molar-refractivity contribution in [2.45, 2.75) is 4.90 Å². The molecule has 0 radical (unpaired) electrons. The van der Waals surface area contributed by atoms with E-state index >= 15 is 0 Å². The van der Waals surface area contributed by atoms with Gasteiger partial charge in [0.2, 0.25) is 0 Å². The van der Waals surface area contributed by atoms with Crippen molar-refractivity contribution >= 4 is 41.6 Å². The van der Waals surface area contributed by atoms with Gasteiger partial charge in [-0.05, 0) is 18.2 Å². The van der Waals surface area contributed by atoms with Gasteiger partial charge in [-0.25, -0.2) is 8.42 Å². The van der Waals surface area contributed by atoms with E-state index in [1.54, 1.807) is 6.07 Å². The Morgan fingerprint density at radius 1 is 1.53 bits per heavy atom. The van der Waals surface area contributed by atoms with E-state index < -0.39 is 15.0 Å². The van der Waals surface area contributed by atoms with Crippen LogP contribution < -0.4 is 10.1 Å². The second-order valence-corrected chi connectivity index (χ2v) is 6.75. The molecule has 0 aliphatic carbocycles. The van der Waals surface area contributed by atoms with Gasteiger partial charge in [0.25, 0.3) is 15.0 Å². The van der Waals surface area contributed by atoms with Crippen LogP contribution in [-0.4, -0.2) is 27.5 Å². The van der Waals surface area contributed by atoms with Crippen LogP contribution >= 0.6 is 26.6 Å². The summed E-state index contributed by atoms with van der Waals surface area (Å²) in [5.74, 6) is 1.76. The van der Waals surface area contributed by atoms with Crippen LogP contribution in [0.2, 0.25) is 0 Å². The predicted molar refractivity (Wildman–Crippen MR) is 74.5 cm³/mol. The molecule has 1 N–H and O–H groups in total. The maximum absolute atomic E-state index is 11.4. The number of carbonyl (C=O) groups excluding carboxylic acids is 1. The number of carbonyl (C=O) groups is 1. The standard InChI is InChI=1S/C11H9BrClNO4S/c1-2-5-14-11(15)7-18-9-4-3-8(12)6-10(9)19(13,16)17/h1,3-4,6H,5,7H2,(H,14,15). The van der Waals surface area contributed by atoms with Crippen LogP contribution in [0.5, 0.6) is 5.75 Å². The Labute approximate surface area is 123 Å². The minimum absolute atomic E-state index is 0.00550. The molecular weight excluding hydrogens is 358 g/mol. The summed E-state index contributed by atoms with van der Waals surface area (Å²) in [6, 6.07) is 4.26. The highest BCUT2D eigenvalue weighted by Gasteiger charge is 2.18. The Balaban J connectivity index is 2.85. The number of amides is 1. The summed E-state index contributed by atoms with van der Waals surface area (Å²) in [5.41, 5.74) is 0. The molecule has 0 heterocycles. The Morgan fingerprint density at radius 2 is 2.21 bits per heavy atom. The number of ether oxygens (including phenoxy) is 1. The van der Waals surface area contributed by atoms with Gasteiger partial charge in [0, 0.05) is 15.2 Å². The van der Waals surface area contributed by atoms with Crippen LogP contribution in [0.25, 0.3) is 0 Å². The average molecular weight is 367 g/mol. The Bertz CT molecular complexity index is 624. The molecule has 0 unspecified atom stereocenters. The molecule has 1 aromatic rings. The van der Waals surface area contributed by atoms with Crippen LogP contribution in [0.1, 0.15) is 0 Å². The summed E-state index contributed by atoms with van der Waals surface area (Å²) in [6.07, 6.45) is 4.97. The second-order valence-electron chi connectivity index (χ2n) is 3.30. The number of rotatable bonds is 5. The van der Waals surface area contributed by atoms with E-state index in [0.717, 1.165) is 0 Å². The third-order valence-electron chi connectivity index (χ3n) is 1.91. The zero-order chi connectivity index (χ0) is 14.5. The maximum atomic E-state index is 11.4. The van der Waals surface area contributed by atoms with Crippen LogP contribution in [0.15, 0.2) is 27.6 Å². The first-order valence-corrected chi connectivity index (χ1v) is 8.02. The summed E-state index contributed by atoms with van der Waals surface area (Å²) in [5, 5.41) is 2.38. The monoisotopic (exact) mass is 365 g/mol. The maximum Gasteiger partial charge on any atom is 0.265 e. The molecule has 0 bridgehead atoms. The Morgan fingerprint density at radius 3 is 2.79 bits per heavy atom. The molecule has 0 saturated heterocycles. The van der Waals surface area contributed by atoms with Crippen molar-refractivity contribution in [1.82, 2.24) is 5.32 Å². The molecule has 0 aliphatic rings. The minimum Gasteiger partial charge on any atom is -0.482 e. The molecule has 19 heavy (non-hydrogen) atoms. The van der Waals surface area contributed by atoms with Crippen molar-refractivity contribution in [3.05, 3.63) is 22.7 Å². The fraction of sp³-hybridized carbons (Fsp3) is 0.182. The molecule has 0 fully saturated rings. The Kier molecular flexibility index (Phi) is 5.66. The summed E-state index contributed by atoms with van der Waals surface area (Å²) in [7, 11) is 1.31. The highest BCUT2D eigenvalue weighted by molar-refractivity contribution is 9.10. The van der Waals surface area contributed by atoms with Crippen LogP contribution in [0.3, 0.4) is 0 Å².